The lowest BCUT2D eigenvalue weighted by Gasteiger charge is -2.16. The Balaban J connectivity index is 0.000000632. The second kappa shape index (κ2) is 13.5. The molecule has 2 aromatic carbocycles. The quantitative estimate of drug-likeness (QED) is 0.734. The first-order valence-corrected chi connectivity index (χ1v) is 9.08. The maximum absolute atomic E-state index is 8.93. The number of carboxylic acid groups (broad SMARTS) is 2. The molecule has 2 rings (SSSR count). The Morgan fingerprint density at radius 1 is 0.963 bits per heavy atom. The summed E-state index contributed by atoms with van der Waals surface area (Å²) in [5.41, 5.74) is 1.23. The Labute approximate surface area is 164 Å². The van der Waals surface area contributed by atoms with Crippen molar-refractivity contribution in [3.05, 3.63) is 48.5 Å². The number of carbonyl (C=O) groups excluding carboxylic acids is 2. The first-order chi connectivity index (χ1) is 12.8. The van der Waals surface area contributed by atoms with E-state index in [1.807, 2.05) is 12.1 Å². The van der Waals surface area contributed by atoms with Gasteiger partial charge < -0.3 is 29.4 Å². The molecule has 2 aromatic rings. The molecule has 0 radical (unpaired) electrons. The van der Waals surface area contributed by atoms with Crippen molar-refractivity contribution in [3.8, 4) is 5.75 Å². The summed E-state index contributed by atoms with van der Waals surface area (Å²) in [7, 11) is 5.81. The summed E-state index contributed by atoms with van der Waals surface area (Å²) in [4.78, 5) is 22.5. The van der Waals surface area contributed by atoms with Gasteiger partial charge in [0, 0.05) is 23.9 Å². The summed E-state index contributed by atoms with van der Waals surface area (Å²) in [6.45, 7) is 4.25. The average Bonchev–Trinajstić information content (AvgIpc) is 2.64. The second-order valence-corrected chi connectivity index (χ2v) is 6.54. The number of aliphatic carboxylic acids is 2. The third-order valence-corrected chi connectivity index (χ3v) is 3.87. The predicted octanol–water partition coefficient (Wildman–Crippen LogP) is 1.81. The third-order valence-electron chi connectivity index (χ3n) is 2.80. The summed E-state index contributed by atoms with van der Waals surface area (Å²) in [5, 5.41) is 17.9. The minimum Gasteiger partial charge on any atom is -0.543 e. The smallest absolute Gasteiger partial charge is 0.118 e. The molecule has 0 heterocycles. The summed E-state index contributed by atoms with van der Waals surface area (Å²) in [6, 6.07) is 16.5. The van der Waals surface area contributed by atoms with Crippen LogP contribution in [0.3, 0.4) is 0 Å². The van der Waals surface area contributed by atoms with Crippen LogP contribution in [0.2, 0.25) is 0 Å². The normalized spacial score (nSPS) is 9.07. The fourth-order valence-electron chi connectivity index (χ4n) is 1.68. The standard InChI is InChI=1S/C15H17NOS.C3H8.C2H2O4/c1-16(2)14-6-4-5-7-15(14)18-13-10-8-12(17-3)9-11-13;1-3-2;3-1(4)2(5)6/h4-11H,1-3H3;3H2,1-2H3;(H,3,4)(H,5,6)/p-2. The minimum atomic E-state index is -2.19. The molecule has 0 atom stereocenters. The van der Waals surface area contributed by atoms with Gasteiger partial charge in [-0.3, -0.25) is 0 Å². The summed E-state index contributed by atoms with van der Waals surface area (Å²) >= 11 is 1.76. The molecule has 0 N–H and O–H groups in total. The molecule has 0 bridgehead atoms. The maximum Gasteiger partial charge on any atom is 0.118 e. The lowest BCUT2D eigenvalue weighted by molar-refractivity contribution is -0.345. The number of nitrogens with zero attached hydrogens (tertiary/aromatic N) is 1. The van der Waals surface area contributed by atoms with Crippen LogP contribution in [0.5, 0.6) is 5.75 Å². The Morgan fingerprint density at radius 2 is 1.44 bits per heavy atom. The summed E-state index contributed by atoms with van der Waals surface area (Å²) in [6.07, 6.45) is 1.25. The van der Waals surface area contributed by atoms with Gasteiger partial charge in [0.25, 0.3) is 0 Å². The van der Waals surface area contributed by atoms with Crippen molar-refractivity contribution in [1.29, 1.82) is 0 Å². The lowest BCUT2D eigenvalue weighted by atomic mass is 10.3. The van der Waals surface area contributed by atoms with Gasteiger partial charge in [-0.2, -0.15) is 0 Å². The lowest BCUT2D eigenvalue weighted by Crippen LogP contribution is -2.42. The van der Waals surface area contributed by atoms with Crippen molar-refractivity contribution in [2.75, 3.05) is 26.1 Å². The van der Waals surface area contributed by atoms with Crippen molar-refractivity contribution >= 4 is 29.4 Å². The number of anilines is 1. The van der Waals surface area contributed by atoms with Gasteiger partial charge >= 0.3 is 0 Å². The topological polar surface area (TPSA) is 92.7 Å². The van der Waals surface area contributed by atoms with E-state index in [9.17, 15) is 0 Å². The highest BCUT2D eigenvalue weighted by atomic mass is 32.2. The van der Waals surface area contributed by atoms with Crippen LogP contribution in [-0.2, 0) is 9.59 Å². The van der Waals surface area contributed by atoms with E-state index >= 15 is 0 Å². The molecule has 0 aliphatic heterocycles. The number of benzene rings is 2. The molecular weight excluding hydrogens is 366 g/mol. The van der Waals surface area contributed by atoms with Crippen LogP contribution in [-0.4, -0.2) is 33.1 Å². The van der Waals surface area contributed by atoms with Crippen molar-refractivity contribution in [3.63, 3.8) is 0 Å². The molecule has 0 saturated carbocycles. The fraction of sp³-hybridized carbons (Fsp3) is 0.300. The van der Waals surface area contributed by atoms with Crippen molar-refractivity contribution in [1.82, 2.24) is 0 Å². The number of rotatable bonds is 4. The monoisotopic (exact) mass is 391 g/mol. The maximum atomic E-state index is 8.93. The molecule has 0 aliphatic carbocycles. The van der Waals surface area contributed by atoms with E-state index < -0.39 is 11.9 Å². The highest BCUT2D eigenvalue weighted by Gasteiger charge is 2.05. The molecule has 0 fully saturated rings. The largest absolute Gasteiger partial charge is 0.543 e. The van der Waals surface area contributed by atoms with Crippen LogP contribution in [0.4, 0.5) is 5.69 Å². The van der Waals surface area contributed by atoms with E-state index in [4.69, 9.17) is 24.5 Å². The summed E-state index contributed by atoms with van der Waals surface area (Å²) in [5.74, 6) is -3.48. The van der Waals surface area contributed by atoms with E-state index in [0.717, 1.165) is 5.75 Å². The van der Waals surface area contributed by atoms with Crippen molar-refractivity contribution < 1.29 is 24.5 Å². The molecule has 0 unspecified atom stereocenters. The molecule has 0 spiro atoms. The molecular formula is C20H25NO5S-2. The van der Waals surface area contributed by atoms with Gasteiger partial charge in [-0.1, -0.05) is 44.2 Å². The van der Waals surface area contributed by atoms with Gasteiger partial charge in [0.15, 0.2) is 0 Å². The second-order valence-electron chi connectivity index (χ2n) is 5.42. The molecule has 7 heteroatoms. The molecule has 0 amide bonds. The SMILES string of the molecule is CCC.COc1ccc(Sc2ccccc2N(C)C)cc1.O=C([O-])C(=O)[O-]. The van der Waals surface area contributed by atoms with Crippen LogP contribution < -0.4 is 19.8 Å². The van der Waals surface area contributed by atoms with E-state index in [0.29, 0.717) is 0 Å². The van der Waals surface area contributed by atoms with Gasteiger partial charge in [0.1, 0.15) is 5.75 Å². The summed E-state index contributed by atoms with van der Waals surface area (Å²) < 4.78 is 5.16. The number of hydrogen-bond acceptors (Lipinski definition) is 7. The Hall–Kier alpha value is -2.67. The Kier molecular flexibility index (Phi) is 12.2. The predicted molar refractivity (Wildman–Crippen MR) is 104 cm³/mol. The number of carbonyl (C=O) groups is 2. The van der Waals surface area contributed by atoms with Crippen LogP contribution in [0.15, 0.2) is 58.3 Å². The zero-order chi connectivity index (χ0) is 20.8. The Bertz CT molecular complexity index is 690. The van der Waals surface area contributed by atoms with E-state index in [-0.39, 0.29) is 0 Å². The number of methoxy groups -OCH3 is 1. The first-order valence-electron chi connectivity index (χ1n) is 8.27. The number of hydrogen-bond donors (Lipinski definition) is 0. The van der Waals surface area contributed by atoms with Gasteiger partial charge in [-0.25, -0.2) is 0 Å². The van der Waals surface area contributed by atoms with E-state index in [2.05, 4.69) is 69.2 Å². The van der Waals surface area contributed by atoms with Gasteiger partial charge in [-0.15, -0.1) is 0 Å². The van der Waals surface area contributed by atoms with Crippen LogP contribution in [0, 0.1) is 0 Å². The molecule has 0 aromatic heterocycles. The van der Waals surface area contributed by atoms with E-state index in [1.165, 1.54) is 21.9 Å². The molecule has 0 aliphatic rings. The molecule has 148 valence electrons. The Morgan fingerprint density at radius 3 is 1.85 bits per heavy atom. The number of ether oxygens (including phenoxy) is 1. The van der Waals surface area contributed by atoms with E-state index in [1.54, 1.807) is 18.9 Å². The number of para-hydroxylation sites is 1. The van der Waals surface area contributed by atoms with Crippen LogP contribution >= 0.6 is 11.8 Å². The zero-order valence-corrected chi connectivity index (χ0v) is 17.0. The molecule has 0 saturated heterocycles. The molecule has 6 nitrogen and oxygen atoms in total. The van der Waals surface area contributed by atoms with Crippen LogP contribution in [0.25, 0.3) is 0 Å². The minimum absolute atomic E-state index is 0.889. The zero-order valence-electron chi connectivity index (χ0n) is 16.2. The highest BCUT2D eigenvalue weighted by molar-refractivity contribution is 7.99. The van der Waals surface area contributed by atoms with Gasteiger partial charge in [0.2, 0.25) is 0 Å². The average molecular weight is 391 g/mol. The van der Waals surface area contributed by atoms with Crippen LogP contribution in [0.1, 0.15) is 20.3 Å². The number of carboxylic acids is 2. The molecule has 27 heavy (non-hydrogen) atoms. The first kappa shape index (κ1) is 24.3. The van der Waals surface area contributed by atoms with Crippen molar-refractivity contribution in [2.24, 2.45) is 0 Å². The van der Waals surface area contributed by atoms with Crippen molar-refractivity contribution in [2.45, 2.75) is 30.1 Å². The highest BCUT2D eigenvalue weighted by Crippen LogP contribution is 2.35. The fourth-order valence-corrected chi connectivity index (χ4v) is 2.71. The van der Waals surface area contributed by atoms with Gasteiger partial charge in [-0.05, 0) is 36.4 Å². The van der Waals surface area contributed by atoms with Gasteiger partial charge in [0.05, 0.1) is 24.7 Å². The third kappa shape index (κ3) is 10.2.